The van der Waals surface area contributed by atoms with Gasteiger partial charge in [-0.05, 0) is 0 Å². The van der Waals surface area contributed by atoms with Gasteiger partial charge in [0.1, 0.15) is 0 Å². The van der Waals surface area contributed by atoms with E-state index in [1.165, 1.54) is 0 Å². The summed E-state index contributed by atoms with van der Waals surface area (Å²) in [6.07, 6.45) is -17.9. The molecule has 0 aliphatic rings. The van der Waals surface area contributed by atoms with Gasteiger partial charge >= 0.3 is 24.4 Å². The van der Waals surface area contributed by atoms with Crippen molar-refractivity contribution in [2.75, 3.05) is 7.11 Å². The Morgan fingerprint density at radius 2 is 1.40 bits per heavy atom. The number of carbonyl (C=O) groups is 1. The van der Waals surface area contributed by atoms with Crippen molar-refractivity contribution in [2.45, 2.75) is 18.4 Å². The number of hydrogen-bond acceptors (Lipinski definition) is 3. The van der Waals surface area contributed by atoms with Crippen LogP contribution in [0.25, 0.3) is 0 Å². The fraction of sp³-hybridized carbons (Fsp3) is 0.800. The predicted octanol–water partition coefficient (Wildman–Crippen LogP) is 1.92. The van der Waals surface area contributed by atoms with Crippen LogP contribution in [0.1, 0.15) is 0 Å². The number of alkyl halides is 7. The van der Waals surface area contributed by atoms with E-state index in [0.717, 1.165) is 0 Å². The van der Waals surface area contributed by atoms with E-state index in [9.17, 15) is 35.5 Å². The molecule has 0 aliphatic heterocycles. The number of esters is 1. The van der Waals surface area contributed by atoms with Gasteiger partial charge in [-0.3, -0.25) is 0 Å². The van der Waals surface area contributed by atoms with Crippen molar-refractivity contribution in [1.82, 2.24) is 0 Å². The Morgan fingerprint density at radius 3 is 1.67 bits per heavy atom. The summed E-state index contributed by atoms with van der Waals surface area (Å²) >= 11 is 0. The van der Waals surface area contributed by atoms with Crippen LogP contribution < -0.4 is 0 Å². The SMILES string of the molecule is COC(=O)C(F)(F)OC(F)(F)C(F)(F)F. The molecule has 0 bridgehead atoms. The number of halogens is 7. The van der Waals surface area contributed by atoms with Crippen molar-refractivity contribution >= 4 is 5.97 Å². The summed E-state index contributed by atoms with van der Waals surface area (Å²) in [6, 6.07) is 0. The molecule has 0 N–H and O–H groups in total. The molecule has 0 saturated carbocycles. The molecule has 0 unspecified atom stereocenters. The third kappa shape index (κ3) is 3.22. The maximum atomic E-state index is 12.2. The zero-order valence-electron chi connectivity index (χ0n) is 6.87. The third-order valence-electron chi connectivity index (χ3n) is 1.01. The van der Waals surface area contributed by atoms with E-state index in [0.29, 0.717) is 7.11 Å². The second-order valence-corrected chi connectivity index (χ2v) is 2.12. The van der Waals surface area contributed by atoms with E-state index < -0.39 is 24.4 Å². The summed E-state index contributed by atoms with van der Waals surface area (Å²) in [5, 5.41) is 0. The second-order valence-electron chi connectivity index (χ2n) is 2.12. The summed E-state index contributed by atoms with van der Waals surface area (Å²) in [7, 11) is 0.366. The molecule has 0 aliphatic carbocycles. The Morgan fingerprint density at radius 1 is 1.00 bits per heavy atom. The van der Waals surface area contributed by atoms with Crippen LogP contribution in [0.4, 0.5) is 30.7 Å². The molecule has 90 valence electrons. The minimum Gasteiger partial charge on any atom is -0.463 e. The first-order chi connectivity index (χ1) is 6.44. The molecule has 0 radical (unpaired) electrons. The molecule has 0 rings (SSSR count). The minimum absolute atomic E-state index is 0.366. The Labute approximate surface area is 77.7 Å². The highest BCUT2D eigenvalue weighted by Crippen LogP contribution is 2.40. The van der Waals surface area contributed by atoms with Crippen LogP contribution in [0.5, 0.6) is 0 Å². The minimum atomic E-state index is -6.36. The summed E-state index contributed by atoms with van der Waals surface area (Å²) < 4.78 is 87.6. The lowest BCUT2D eigenvalue weighted by atomic mass is 10.5. The second kappa shape index (κ2) is 3.83. The fourth-order valence-electron chi connectivity index (χ4n) is 0.379. The number of hydrogen-bond donors (Lipinski definition) is 0. The van der Waals surface area contributed by atoms with Crippen LogP contribution in [0.15, 0.2) is 0 Å². The molecule has 15 heavy (non-hydrogen) atoms. The molecule has 0 saturated heterocycles. The Bertz CT molecular complexity index is 246. The average Bonchev–Trinajstić information content (AvgIpc) is 1.98. The van der Waals surface area contributed by atoms with Crippen LogP contribution in [0.3, 0.4) is 0 Å². The molecule has 0 aromatic heterocycles. The molecular weight excluding hydrogens is 241 g/mol. The maximum absolute atomic E-state index is 12.2. The fourth-order valence-corrected chi connectivity index (χ4v) is 0.379. The number of carbonyl (C=O) groups excluding carboxylic acids is 1. The van der Waals surface area contributed by atoms with E-state index in [-0.39, 0.29) is 0 Å². The molecule has 10 heteroatoms. The largest absolute Gasteiger partial charge is 0.483 e. The highest BCUT2D eigenvalue weighted by Gasteiger charge is 2.65. The van der Waals surface area contributed by atoms with Gasteiger partial charge in [0.05, 0.1) is 7.11 Å². The lowest BCUT2D eigenvalue weighted by Crippen LogP contribution is -2.47. The van der Waals surface area contributed by atoms with Crippen molar-refractivity contribution in [3.8, 4) is 0 Å². The zero-order chi connectivity index (χ0) is 12.5. The van der Waals surface area contributed by atoms with E-state index in [1.807, 2.05) is 0 Å². The van der Waals surface area contributed by atoms with Crippen molar-refractivity contribution in [1.29, 1.82) is 0 Å². The van der Waals surface area contributed by atoms with Gasteiger partial charge in [-0.25, -0.2) is 9.53 Å². The topological polar surface area (TPSA) is 35.5 Å². The molecule has 0 aromatic rings. The number of ether oxygens (including phenoxy) is 2. The van der Waals surface area contributed by atoms with Crippen molar-refractivity contribution in [3.05, 3.63) is 0 Å². The molecule has 0 spiro atoms. The first kappa shape index (κ1) is 13.9. The van der Waals surface area contributed by atoms with Crippen LogP contribution in [0, 0.1) is 0 Å². The molecule has 0 atom stereocenters. The predicted molar refractivity (Wildman–Crippen MR) is 29.0 cm³/mol. The number of rotatable bonds is 3. The maximum Gasteiger partial charge on any atom is 0.483 e. The van der Waals surface area contributed by atoms with Crippen molar-refractivity contribution in [2.24, 2.45) is 0 Å². The average molecular weight is 244 g/mol. The summed E-state index contributed by atoms with van der Waals surface area (Å²) in [5.74, 6) is -2.66. The van der Waals surface area contributed by atoms with Gasteiger partial charge in [-0.2, -0.15) is 30.7 Å². The quantitative estimate of drug-likeness (QED) is 0.562. The summed E-state index contributed by atoms with van der Waals surface area (Å²) in [5.41, 5.74) is 0. The van der Waals surface area contributed by atoms with Gasteiger partial charge in [0.25, 0.3) is 0 Å². The van der Waals surface area contributed by atoms with E-state index in [2.05, 4.69) is 9.47 Å². The molecular formula is C5H3F7O3. The molecule has 0 aromatic carbocycles. The monoisotopic (exact) mass is 244 g/mol. The lowest BCUT2D eigenvalue weighted by Gasteiger charge is -2.23. The van der Waals surface area contributed by atoms with Crippen molar-refractivity contribution in [3.63, 3.8) is 0 Å². The summed E-state index contributed by atoms with van der Waals surface area (Å²) in [6.45, 7) is 0. The third-order valence-corrected chi connectivity index (χ3v) is 1.01. The first-order valence-corrected chi connectivity index (χ1v) is 3.05. The molecule has 0 amide bonds. The van der Waals surface area contributed by atoms with Crippen molar-refractivity contribution < 1.29 is 45.0 Å². The molecule has 3 nitrogen and oxygen atoms in total. The molecule has 0 heterocycles. The van der Waals surface area contributed by atoms with Crippen LogP contribution in [-0.4, -0.2) is 31.5 Å². The van der Waals surface area contributed by atoms with Gasteiger partial charge in [-0.1, -0.05) is 0 Å². The van der Waals surface area contributed by atoms with Gasteiger partial charge < -0.3 is 4.74 Å². The highest BCUT2D eigenvalue weighted by molar-refractivity contribution is 5.75. The van der Waals surface area contributed by atoms with E-state index >= 15 is 0 Å². The van der Waals surface area contributed by atoms with Gasteiger partial charge in [0, 0.05) is 0 Å². The van der Waals surface area contributed by atoms with E-state index in [4.69, 9.17) is 0 Å². The van der Waals surface area contributed by atoms with Gasteiger partial charge in [0.2, 0.25) is 0 Å². The Kier molecular flexibility index (Phi) is 3.56. The smallest absolute Gasteiger partial charge is 0.463 e. The first-order valence-electron chi connectivity index (χ1n) is 3.05. The van der Waals surface area contributed by atoms with Crippen LogP contribution in [0.2, 0.25) is 0 Å². The number of methoxy groups -OCH3 is 1. The van der Waals surface area contributed by atoms with E-state index in [1.54, 1.807) is 0 Å². The summed E-state index contributed by atoms with van der Waals surface area (Å²) in [4.78, 5) is 10.0. The standard InChI is InChI=1S/C5H3F7O3/c1-14-2(13)3(6,7)15-5(11,12)4(8,9)10/h1H3. The van der Waals surface area contributed by atoms with Gasteiger partial charge in [-0.15, -0.1) is 0 Å². The van der Waals surface area contributed by atoms with Crippen LogP contribution >= 0.6 is 0 Å². The van der Waals surface area contributed by atoms with Gasteiger partial charge in [0.15, 0.2) is 0 Å². The normalized spacial score (nSPS) is 13.9. The zero-order valence-corrected chi connectivity index (χ0v) is 6.87. The van der Waals surface area contributed by atoms with Crippen LogP contribution in [-0.2, 0) is 14.3 Å². The highest BCUT2D eigenvalue weighted by atomic mass is 19.4. The molecule has 0 fully saturated rings. The Balaban J connectivity index is 4.80. The lowest BCUT2D eigenvalue weighted by molar-refractivity contribution is -0.447. The Hall–Kier alpha value is -1.06.